The first kappa shape index (κ1) is 15.5. The third-order valence-electron chi connectivity index (χ3n) is 3.62. The lowest BCUT2D eigenvalue weighted by Gasteiger charge is -2.16. The van der Waals surface area contributed by atoms with Crippen LogP contribution in [0.25, 0.3) is 0 Å². The SMILES string of the molecule is Cc1cn([C@H]2C=C[C@@H](COCc3ccccc3)O2)c(=O)[nH]c1=O. The van der Waals surface area contributed by atoms with Crippen molar-refractivity contribution in [3.05, 3.63) is 80.6 Å². The number of hydrogen-bond acceptors (Lipinski definition) is 4. The smallest absolute Gasteiger partial charge is 0.330 e. The van der Waals surface area contributed by atoms with Crippen LogP contribution < -0.4 is 11.2 Å². The first-order valence-electron chi connectivity index (χ1n) is 7.41. The van der Waals surface area contributed by atoms with Crippen LogP contribution in [0.1, 0.15) is 17.4 Å². The number of H-pyrrole nitrogens is 1. The van der Waals surface area contributed by atoms with Crippen LogP contribution >= 0.6 is 0 Å². The molecule has 6 nitrogen and oxygen atoms in total. The predicted octanol–water partition coefficient (Wildman–Crippen LogP) is 1.52. The van der Waals surface area contributed by atoms with Gasteiger partial charge in [0.05, 0.1) is 13.2 Å². The fourth-order valence-electron chi connectivity index (χ4n) is 2.38. The summed E-state index contributed by atoms with van der Waals surface area (Å²) in [5, 5.41) is 0. The minimum Gasteiger partial charge on any atom is -0.374 e. The number of aryl methyl sites for hydroxylation is 1. The van der Waals surface area contributed by atoms with Gasteiger partial charge in [0.2, 0.25) is 0 Å². The summed E-state index contributed by atoms with van der Waals surface area (Å²) in [7, 11) is 0. The Morgan fingerprint density at radius 3 is 2.78 bits per heavy atom. The standard InChI is InChI=1S/C17H18N2O4/c1-12-9-19(17(21)18-16(12)20)15-8-7-14(23-15)11-22-10-13-5-3-2-4-6-13/h2-9,14-15H,10-11H2,1H3,(H,18,20,21)/t14-,15+/m0/s1. The highest BCUT2D eigenvalue weighted by molar-refractivity contribution is 5.13. The normalized spacial score (nSPS) is 20.0. The van der Waals surface area contributed by atoms with Crippen molar-refractivity contribution in [2.45, 2.75) is 25.9 Å². The van der Waals surface area contributed by atoms with Crippen molar-refractivity contribution in [2.24, 2.45) is 0 Å². The molecule has 2 aromatic rings. The van der Waals surface area contributed by atoms with Crippen molar-refractivity contribution < 1.29 is 9.47 Å². The number of nitrogens with one attached hydrogen (secondary N) is 1. The quantitative estimate of drug-likeness (QED) is 0.849. The highest BCUT2D eigenvalue weighted by Gasteiger charge is 2.22. The summed E-state index contributed by atoms with van der Waals surface area (Å²) < 4.78 is 12.8. The molecule has 2 heterocycles. The molecule has 1 N–H and O–H groups in total. The number of aromatic amines is 1. The van der Waals surface area contributed by atoms with Crippen molar-refractivity contribution in [1.82, 2.24) is 9.55 Å². The Labute approximate surface area is 133 Å². The van der Waals surface area contributed by atoms with Gasteiger partial charge >= 0.3 is 5.69 Å². The van der Waals surface area contributed by atoms with Gasteiger partial charge in [0.15, 0.2) is 6.23 Å². The maximum atomic E-state index is 11.8. The summed E-state index contributed by atoms with van der Waals surface area (Å²) in [5.74, 6) is 0. The molecule has 1 aromatic heterocycles. The zero-order chi connectivity index (χ0) is 16.2. The van der Waals surface area contributed by atoms with E-state index in [-0.39, 0.29) is 11.7 Å². The molecule has 120 valence electrons. The Morgan fingerprint density at radius 1 is 1.22 bits per heavy atom. The van der Waals surface area contributed by atoms with Crippen molar-refractivity contribution in [2.75, 3.05) is 6.61 Å². The van der Waals surface area contributed by atoms with Gasteiger partial charge in [-0.1, -0.05) is 36.4 Å². The Kier molecular flexibility index (Phi) is 4.55. The van der Waals surface area contributed by atoms with Gasteiger partial charge in [0.1, 0.15) is 6.10 Å². The summed E-state index contributed by atoms with van der Waals surface area (Å²) in [6.45, 7) is 2.56. The van der Waals surface area contributed by atoms with Gasteiger partial charge < -0.3 is 9.47 Å². The predicted molar refractivity (Wildman–Crippen MR) is 85.2 cm³/mol. The van der Waals surface area contributed by atoms with E-state index in [1.54, 1.807) is 13.0 Å². The molecular weight excluding hydrogens is 296 g/mol. The molecule has 0 amide bonds. The molecule has 3 rings (SSSR count). The fraction of sp³-hybridized carbons (Fsp3) is 0.294. The van der Waals surface area contributed by atoms with Crippen molar-refractivity contribution in [3.8, 4) is 0 Å². The van der Waals surface area contributed by atoms with E-state index in [2.05, 4.69) is 4.98 Å². The average Bonchev–Trinajstić information content (AvgIpc) is 3.00. The van der Waals surface area contributed by atoms with Gasteiger partial charge in [0, 0.05) is 11.8 Å². The maximum absolute atomic E-state index is 11.8. The van der Waals surface area contributed by atoms with Gasteiger partial charge in [-0.25, -0.2) is 4.79 Å². The van der Waals surface area contributed by atoms with Crippen LogP contribution in [0.15, 0.2) is 58.3 Å². The van der Waals surface area contributed by atoms with E-state index in [0.29, 0.717) is 18.8 Å². The molecule has 1 aliphatic heterocycles. The zero-order valence-corrected chi connectivity index (χ0v) is 12.8. The Bertz CT molecular complexity index is 807. The molecule has 1 aromatic carbocycles. The van der Waals surface area contributed by atoms with Crippen LogP contribution in [-0.4, -0.2) is 22.3 Å². The first-order chi connectivity index (χ1) is 11.1. The molecule has 0 bridgehead atoms. The highest BCUT2D eigenvalue weighted by Crippen LogP contribution is 2.20. The number of nitrogens with zero attached hydrogens (tertiary/aromatic N) is 1. The first-order valence-corrected chi connectivity index (χ1v) is 7.41. The molecule has 0 spiro atoms. The van der Waals surface area contributed by atoms with Crippen LogP contribution in [0.2, 0.25) is 0 Å². The maximum Gasteiger partial charge on any atom is 0.330 e. The number of benzene rings is 1. The van der Waals surface area contributed by atoms with Gasteiger partial charge in [-0.05, 0) is 18.6 Å². The lowest BCUT2D eigenvalue weighted by Crippen LogP contribution is -2.33. The molecule has 23 heavy (non-hydrogen) atoms. The van der Waals surface area contributed by atoms with Crippen molar-refractivity contribution in [3.63, 3.8) is 0 Å². The number of ether oxygens (including phenoxy) is 2. The number of hydrogen-bond donors (Lipinski definition) is 1. The highest BCUT2D eigenvalue weighted by atomic mass is 16.5. The molecular formula is C17H18N2O4. The van der Waals surface area contributed by atoms with Crippen LogP contribution in [-0.2, 0) is 16.1 Å². The summed E-state index contributed by atoms with van der Waals surface area (Å²) in [6, 6.07) is 9.88. The molecule has 0 saturated heterocycles. The van der Waals surface area contributed by atoms with E-state index in [1.165, 1.54) is 10.8 Å². The molecule has 0 unspecified atom stereocenters. The van der Waals surface area contributed by atoms with Crippen molar-refractivity contribution in [1.29, 1.82) is 0 Å². The van der Waals surface area contributed by atoms with Gasteiger partial charge in [-0.3, -0.25) is 14.3 Å². The van der Waals surface area contributed by atoms with Crippen LogP contribution in [0.5, 0.6) is 0 Å². The van der Waals surface area contributed by atoms with Gasteiger partial charge in [0.25, 0.3) is 5.56 Å². The summed E-state index contributed by atoms with van der Waals surface area (Å²) >= 11 is 0. The zero-order valence-electron chi connectivity index (χ0n) is 12.8. The van der Waals surface area contributed by atoms with E-state index in [0.717, 1.165) is 5.56 Å². The molecule has 0 saturated carbocycles. The molecule has 2 atom stereocenters. The van der Waals surface area contributed by atoms with Crippen LogP contribution in [0.4, 0.5) is 0 Å². The monoisotopic (exact) mass is 314 g/mol. The van der Waals surface area contributed by atoms with Gasteiger partial charge in [-0.2, -0.15) is 0 Å². The summed E-state index contributed by atoms with van der Waals surface area (Å²) in [4.78, 5) is 25.5. The number of aromatic nitrogens is 2. The van der Waals surface area contributed by atoms with Crippen LogP contribution in [0.3, 0.4) is 0 Å². The van der Waals surface area contributed by atoms with Crippen LogP contribution in [0, 0.1) is 6.92 Å². The Balaban J connectivity index is 1.57. The molecule has 1 aliphatic rings. The molecule has 0 radical (unpaired) electrons. The largest absolute Gasteiger partial charge is 0.374 e. The Hall–Kier alpha value is -2.44. The van der Waals surface area contributed by atoms with E-state index >= 15 is 0 Å². The molecule has 6 heteroatoms. The van der Waals surface area contributed by atoms with E-state index in [4.69, 9.17) is 9.47 Å². The second-order valence-electron chi connectivity index (χ2n) is 5.43. The lowest BCUT2D eigenvalue weighted by molar-refractivity contribution is -0.0343. The van der Waals surface area contributed by atoms with E-state index in [9.17, 15) is 9.59 Å². The molecule has 0 aliphatic carbocycles. The summed E-state index contributed by atoms with van der Waals surface area (Å²) in [5.41, 5.74) is 0.695. The second-order valence-corrected chi connectivity index (χ2v) is 5.43. The van der Waals surface area contributed by atoms with Crippen molar-refractivity contribution >= 4 is 0 Å². The van der Waals surface area contributed by atoms with Gasteiger partial charge in [-0.15, -0.1) is 0 Å². The number of rotatable bonds is 5. The fourth-order valence-corrected chi connectivity index (χ4v) is 2.38. The third kappa shape index (κ3) is 3.67. The van der Waals surface area contributed by atoms with E-state index in [1.807, 2.05) is 36.4 Å². The minimum atomic E-state index is -0.525. The Morgan fingerprint density at radius 2 is 2.00 bits per heavy atom. The minimum absolute atomic E-state index is 0.220. The molecule has 0 fully saturated rings. The average molecular weight is 314 g/mol. The topological polar surface area (TPSA) is 73.3 Å². The lowest BCUT2D eigenvalue weighted by atomic mass is 10.2. The third-order valence-corrected chi connectivity index (χ3v) is 3.62. The summed E-state index contributed by atoms with van der Waals surface area (Å²) in [6.07, 6.45) is 4.41. The van der Waals surface area contributed by atoms with E-state index < -0.39 is 11.9 Å². The second kappa shape index (κ2) is 6.76.